The van der Waals surface area contributed by atoms with E-state index in [0.29, 0.717) is 12.4 Å². The van der Waals surface area contributed by atoms with Gasteiger partial charge in [0.2, 0.25) is 0 Å². The maximum absolute atomic E-state index is 5.42. The highest BCUT2D eigenvalue weighted by molar-refractivity contribution is 5.77. The molecule has 12 heavy (non-hydrogen) atoms. The van der Waals surface area contributed by atoms with Crippen LogP contribution in [0.5, 0.6) is 0 Å². The zero-order valence-corrected chi connectivity index (χ0v) is 7.70. The molecular formula is C8H14N4. The lowest BCUT2D eigenvalue weighted by Gasteiger charge is -1.92. The maximum Gasteiger partial charge on any atom is 0.0909 e. The van der Waals surface area contributed by atoms with Gasteiger partial charge in [0, 0.05) is 18.8 Å². The Morgan fingerprint density at radius 1 is 1.75 bits per heavy atom. The summed E-state index contributed by atoms with van der Waals surface area (Å²) < 4.78 is 1.78. The highest BCUT2D eigenvalue weighted by atomic mass is 15.2. The second-order valence-electron chi connectivity index (χ2n) is 2.87. The lowest BCUT2D eigenvalue weighted by atomic mass is 10.3. The van der Waals surface area contributed by atoms with E-state index < -0.39 is 0 Å². The fourth-order valence-electron chi connectivity index (χ4n) is 1.01. The van der Waals surface area contributed by atoms with Crippen LogP contribution in [-0.2, 0) is 13.6 Å². The highest BCUT2D eigenvalue weighted by Crippen LogP contribution is 2.05. The summed E-state index contributed by atoms with van der Waals surface area (Å²) in [6.45, 7) is 4.38. The number of rotatable bonds is 2. The Hall–Kier alpha value is -1.32. The molecule has 1 rings (SSSR count). The van der Waals surface area contributed by atoms with Gasteiger partial charge in [-0.25, -0.2) is 0 Å². The van der Waals surface area contributed by atoms with Crippen molar-refractivity contribution in [3.05, 3.63) is 17.5 Å². The first-order valence-corrected chi connectivity index (χ1v) is 3.85. The van der Waals surface area contributed by atoms with Gasteiger partial charge in [0.1, 0.15) is 0 Å². The zero-order valence-electron chi connectivity index (χ0n) is 7.70. The van der Waals surface area contributed by atoms with Crippen LogP contribution in [0.2, 0.25) is 0 Å². The van der Waals surface area contributed by atoms with Crippen molar-refractivity contribution in [3.8, 4) is 0 Å². The average Bonchev–Trinajstić information content (AvgIpc) is 2.26. The van der Waals surface area contributed by atoms with Gasteiger partial charge in [0.05, 0.1) is 18.1 Å². The molecule has 66 valence electrons. The molecule has 1 heterocycles. The van der Waals surface area contributed by atoms with Crippen molar-refractivity contribution in [2.24, 2.45) is 17.8 Å². The van der Waals surface area contributed by atoms with Gasteiger partial charge < -0.3 is 5.73 Å². The van der Waals surface area contributed by atoms with Crippen LogP contribution in [0, 0.1) is 6.92 Å². The largest absolute Gasteiger partial charge is 0.388 e. The van der Waals surface area contributed by atoms with E-state index in [9.17, 15) is 0 Å². The molecule has 0 aromatic carbocycles. The minimum Gasteiger partial charge on any atom is -0.388 e. The minimum atomic E-state index is 0.609. The van der Waals surface area contributed by atoms with Crippen molar-refractivity contribution in [2.75, 3.05) is 0 Å². The summed E-state index contributed by atoms with van der Waals surface area (Å²) in [6, 6.07) is 0. The molecule has 0 unspecified atom stereocenters. The first kappa shape index (κ1) is 8.77. The fraction of sp³-hybridized carbons (Fsp3) is 0.500. The van der Waals surface area contributed by atoms with E-state index in [2.05, 4.69) is 10.1 Å². The molecule has 0 radical (unpaired) electrons. The van der Waals surface area contributed by atoms with Gasteiger partial charge in [-0.2, -0.15) is 5.10 Å². The standard InChI is InChI=1S/C8H14N4/c1-6-8(4-10-7(2)9)5-12(3)11-6/h5H,4H2,1-3H3,(H2,9,10). The number of hydrogen-bond acceptors (Lipinski definition) is 2. The molecule has 0 saturated carbocycles. The summed E-state index contributed by atoms with van der Waals surface area (Å²) in [7, 11) is 1.90. The first-order valence-electron chi connectivity index (χ1n) is 3.85. The van der Waals surface area contributed by atoms with Crippen molar-refractivity contribution in [1.82, 2.24) is 9.78 Å². The molecule has 0 atom stereocenters. The fourth-order valence-corrected chi connectivity index (χ4v) is 1.01. The molecule has 0 amide bonds. The Kier molecular flexibility index (Phi) is 2.47. The molecule has 1 aromatic heterocycles. The summed E-state index contributed by atoms with van der Waals surface area (Å²) in [5.74, 6) is 0.609. The number of nitrogens with zero attached hydrogens (tertiary/aromatic N) is 3. The molecule has 1 aromatic rings. The molecule has 0 saturated heterocycles. The Morgan fingerprint density at radius 2 is 2.42 bits per heavy atom. The van der Waals surface area contributed by atoms with E-state index in [-0.39, 0.29) is 0 Å². The monoisotopic (exact) mass is 166 g/mol. The number of aryl methyl sites for hydroxylation is 2. The van der Waals surface area contributed by atoms with Crippen LogP contribution < -0.4 is 5.73 Å². The summed E-state index contributed by atoms with van der Waals surface area (Å²) in [5.41, 5.74) is 7.56. The van der Waals surface area contributed by atoms with Crippen LogP contribution >= 0.6 is 0 Å². The van der Waals surface area contributed by atoms with Crippen LogP contribution in [0.1, 0.15) is 18.2 Å². The number of aliphatic imine (C=N–C) groups is 1. The molecule has 4 nitrogen and oxygen atoms in total. The second-order valence-corrected chi connectivity index (χ2v) is 2.87. The van der Waals surface area contributed by atoms with Gasteiger partial charge in [-0.05, 0) is 13.8 Å². The summed E-state index contributed by atoms with van der Waals surface area (Å²) in [6.07, 6.45) is 1.96. The molecule has 0 aliphatic heterocycles. The smallest absolute Gasteiger partial charge is 0.0909 e. The van der Waals surface area contributed by atoms with Crippen LogP contribution in [0.3, 0.4) is 0 Å². The van der Waals surface area contributed by atoms with Gasteiger partial charge in [-0.15, -0.1) is 0 Å². The topological polar surface area (TPSA) is 56.2 Å². The predicted molar refractivity (Wildman–Crippen MR) is 48.9 cm³/mol. The number of nitrogens with two attached hydrogens (primary N) is 1. The number of amidine groups is 1. The number of aromatic nitrogens is 2. The van der Waals surface area contributed by atoms with E-state index >= 15 is 0 Å². The Labute approximate surface area is 72.1 Å². The van der Waals surface area contributed by atoms with Crippen LogP contribution in [0.4, 0.5) is 0 Å². The molecule has 0 aliphatic rings. The van der Waals surface area contributed by atoms with Gasteiger partial charge in [0.15, 0.2) is 0 Å². The van der Waals surface area contributed by atoms with E-state index in [4.69, 9.17) is 5.73 Å². The number of hydrogen-bond donors (Lipinski definition) is 1. The molecule has 0 aliphatic carbocycles. The Morgan fingerprint density at radius 3 is 2.83 bits per heavy atom. The van der Waals surface area contributed by atoms with Gasteiger partial charge in [0.25, 0.3) is 0 Å². The molecule has 0 spiro atoms. The first-order chi connectivity index (χ1) is 5.59. The molecular weight excluding hydrogens is 152 g/mol. The van der Waals surface area contributed by atoms with Crippen molar-refractivity contribution in [3.63, 3.8) is 0 Å². The van der Waals surface area contributed by atoms with Crippen LogP contribution in [0.15, 0.2) is 11.2 Å². The second kappa shape index (κ2) is 3.38. The SMILES string of the molecule is CC(N)=NCc1cn(C)nc1C. The zero-order chi connectivity index (χ0) is 9.14. The van der Waals surface area contributed by atoms with Gasteiger partial charge in [-0.1, -0.05) is 0 Å². The van der Waals surface area contributed by atoms with Crippen molar-refractivity contribution in [1.29, 1.82) is 0 Å². The lowest BCUT2D eigenvalue weighted by Crippen LogP contribution is -2.05. The predicted octanol–water partition coefficient (Wildman–Crippen LogP) is 0.606. The summed E-state index contributed by atoms with van der Waals surface area (Å²) in [4.78, 5) is 4.11. The third kappa shape index (κ3) is 2.08. The van der Waals surface area contributed by atoms with Crippen molar-refractivity contribution in [2.45, 2.75) is 20.4 Å². The molecule has 2 N–H and O–H groups in total. The van der Waals surface area contributed by atoms with Crippen LogP contribution in [0.25, 0.3) is 0 Å². The van der Waals surface area contributed by atoms with E-state index in [0.717, 1.165) is 11.3 Å². The Balaban J connectivity index is 2.75. The highest BCUT2D eigenvalue weighted by Gasteiger charge is 2.00. The Bertz CT molecular complexity index is 294. The minimum absolute atomic E-state index is 0.609. The van der Waals surface area contributed by atoms with Crippen molar-refractivity contribution >= 4 is 5.84 Å². The normalized spacial score (nSPS) is 12.1. The molecule has 0 bridgehead atoms. The van der Waals surface area contributed by atoms with E-state index in [1.54, 1.807) is 11.6 Å². The van der Waals surface area contributed by atoms with Crippen molar-refractivity contribution < 1.29 is 0 Å². The third-order valence-corrected chi connectivity index (χ3v) is 1.61. The van der Waals surface area contributed by atoms with Gasteiger partial charge >= 0.3 is 0 Å². The quantitative estimate of drug-likeness (QED) is 0.517. The average molecular weight is 166 g/mol. The molecule has 4 heteroatoms. The van der Waals surface area contributed by atoms with E-state index in [1.807, 2.05) is 20.2 Å². The maximum atomic E-state index is 5.42. The van der Waals surface area contributed by atoms with Crippen LogP contribution in [-0.4, -0.2) is 15.6 Å². The molecule has 0 fully saturated rings. The summed E-state index contributed by atoms with van der Waals surface area (Å²) in [5, 5.41) is 4.20. The van der Waals surface area contributed by atoms with E-state index in [1.165, 1.54) is 0 Å². The third-order valence-electron chi connectivity index (χ3n) is 1.61. The van der Waals surface area contributed by atoms with Gasteiger partial charge in [-0.3, -0.25) is 9.67 Å². The lowest BCUT2D eigenvalue weighted by molar-refractivity contribution is 0.756. The summed E-state index contributed by atoms with van der Waals surface area (Å²) >= 11 is 0.